The van der Waals surface area contributed by atoms with Gasteiger partial charge in [-0.25, -0.2) is 0 Å². The molecule has 1 aromatic heterocycles. The van der Waals surface area contributed by atoms with Crippen molar-refractivity contribution in [3.05, 3.63) is 11.4 Å². The van der Waals surface area contributed by atoms with Crippen molar-refractivity contribution >= 4 is 11.6 Å². The average molecular weight is 364 g/mol. The van der Waals surface area contributed by atoms with E-state index in [0.29, 0.717) is 0 Å². The lowest BCUT2D eigenvalue weighted by Gasteiger charge is -2.38. The number of hydrogen-bond donors (Lipinski definition) is 1. The lowest BCUT2D eigenvalue weighted by atomic mass is 9.95. The molecule has 0 aliphatic carbocycles. The highest BCUT2D eigenvalue weighted by molar-refractivity contribution is 5.95. The number of aromatic nitrogens is 2. The highest BCUT2D eigenvalue weighted by atomic mass is 16.5. The van der Waals surface area contributed by atoms with Crippen LogP contribution in [0.15, 0.2) is 0 Å². The second-order valence-corrected chi connectivity index (χ2v) is 7.73. The Morgan fingerprint density at radius 3 is 2.46 bits per heavy atom. The normalized spacial score (nSPS) is 21.7. The molecule has 3 heterocycles. The van der Waals surface area contributed by atoms with Crippen LogP contribution in [0.2, 0.25) is 0 Å². The summed E-state index contributed by atoms with van der Waals surface area (Å²) in [6, 6.07) is -0.113. The largest absolute Gasteiger partial charge is 0.379 e. The summed E-state index contributed by atoms with van der Waals surface area (Å²) < 4.78 is 7.24. The zero-order chi connectivity index (χ0) is 18.7. The van der Waals surface area contributed by atoms with Crippen LogP contribution in [0.4, 0.5) is 5.69 Å². The zero-order valence-corrected chi connectivity index (χ0v) is 16.6. The minimum atomic E-state index is -0.113. The molecule has 2 saturated heterocycles. The fourth-order valence-electron chi connectivity index (χ4n) is 4.02. The van der Waals surface area contributed by atoms with Crippen molar-refractivity contribution in [2.24, 2.45) is 13.0 Å². The molecule has 26 heavy (non-hydrogen) atoms. The minimum absolute atomic E-state index is 0.0656. The van der Waals surface area contributed by atoms with Crippen LogP contribution in [0.5, 0.6) is 0 Å². The van der Waals surface area contributed by atoms with Crippen molar-refractivity contribution in [1.29, 1.82) is 0 Å². The maximum absolute atomic E-state index is 12.7. The van der Waals surface area contributed by atoms with E-state index in [2.05, 4.69) is 20.2 Å². The van der Waals surface area contributed by atoms with E-state index in [0.717, 1.165) is 62.4 Å². The molecule has 2 fully saturated rings. The fourth-order valence-corrected chi connectivity index (χ4v) is 4.02. The fraction of sp³-hybridized carbons (Fsp3) is 0.789. The van der Waals surface area contributed by atoms with E-state index in [-0.39, 0.29) is 11.9 Å². The maximum atomic E-state index is 12.7. The second-order valence-electron chi connectivity index (χ2n) is 7.73. The molecule has 0 bridgehead atoms. The number of piperidine rings is 1. The van der Waals surface area contributed by atoms with Crippen LogP contribution >= 0.6 is 0 Å². The first-order valence-corrected chi connectivity index (χ1v) is 9.81. The summed E-state index contributed by atoms with van der Waals surface area (Å²) in [5.74, 6) is 0.804. The molecular weight excluding hydrogens is 330 g/mol. The van der Waals surface area contributed by atoms with Gasteiger partial charge in [-0.3, -0.25) is 19.3 Å². The van der Waals surface area contributed by atoms with Crippen molar-refractivity contribution in [3.63, 3.8) is 0 Å². The van der Waals surface area contributed by atoms with Crippen molar-refractivity contribution in [3.8, 4) is 0 Å². The molecule has 1 atom stereocenters. The van der Waals surface area contributed by atoms with E-state index < -0.39 is 0 Å². The first-order valence-electron chi connectivity index (χ1n) is 9.81. The van der Waals surface area contributed by atoms with Gasteiger partial charge in [0.1, 0.15) is 0 Å². The van der Waals surface area contributed by atoms with Gasteiger partial charge in [-0.05, 0) is 52.6 Å². The van der Waals surface area contributed by atoms with E-state index >= 15 is 0 Å². The van der Waals surface area contributed by atoms with E-state index in [4.69, 9.17) is 4.74 Å². The summed E-state index contributed by atoms with van der Waals surface area (Å²) in [4.78, 5) is 17.5. The lowest BCUT2D eigenvalue weighted by molar-refractivity contribution is -0.121. The van der Waals surface area contributed by atoms with Gasteiger partial charge in [-0.2, -0.15) is 5.10 Å². The number of carbonyl (C=O) groups excluding carboxylic acids is 1. The van der Waals surface area contributed by atoms with E-state index in [1.54, 1.807) is 0 Å². The van der Waals surface area contributed by atoms with Gasteiger partial charge in [0.2, 0.25) is 5.91 Å². The smallest absolute Gasteiger partial charge is 0.241 e. The first kappa shape index (κ1) is 19.3. The van der Waals surface area contributed by atoms with Crippen LogP contribution in [0.3, 0.4) is 0 Å². The monoisotopic (exact) mass is 363 g/mol. The number of morpholine rings is 1. The van der Waals surface area contributed by atoms with Gasteiger partial charge in [-0.1, -0.05) is 0 Å². The second kappa shape index (κ2) is 8.50. The number of amides is 1. The van der Waals surface area contributed by atoms with Gasteiger partial charge in [-0.15, -0.1) is 0 Å². The van der Waals surface area contributed by atoms with Gasteiger partial charge < -0.3 is 10.1 Å². The molecule has 0 radical (unpaired) electrons. The molecule has 2 aliphatic rings. The van der Waals surface area contributed by atoms with Crippen LogP contribution in [-0.2, 0) is 16.6 Å². The Hall–Kier alpha value is -1.44. The lowest BCUT2D eigenvalue weighted by Crippen LogP contribution is -2.48. The number of hydrogen-bond acceptors (Lipinski definition) is 5. The third-order valence-electron chi connectivity index (χ3n) is 5.95. The van der Waals surface area contributed by atoms with Gasteiger partial charge >= 0.3 is 0 Å². The van der Waals surface area contributed by atoms with Crippen LogP contribution in [-0.4, -0.2) is 77.5 Å². The van der Waals surface area contributed by atoms with Crippen molar-refractivity contribution < 1.29 is 9.53 Å². The Bertz CT molecular complexity index is 616. The topological polar surface area (TPSA) is 62.6 Å². The standard InChI is InChI=1S/C19H33N5O2/c1-14-18(15(2)22(4)21-14)20-19(25)16(3)24-7-5-17(6-8-24)13-23-9-11-26-12-10-23/h16-17H,5-13H2,1-4H3,(H,20,25). The van der Waals surface area contributed by atoms with Gasteiger partial charge in [0.05, 0.1) is 36.3 Å². The number of rotatable bonds is 5. The summed E-state index contributed by atoms with van der Waals surface area (Å²) in [7, 11) is 1.90. The van der Waals surface area contributed by atoms with Gasteiger partial charge in [0.25, 0.3) is 0 Å². The quantitative estimate of drug-likeness (QED) is 0.857. The molecule has 1 unspecified atom stereocenters. The predicted molar refractivity (Wildman–Crippen MR) is 102 cm³/mol. The SMILES string of the molecule is Cc1nn(C)c(C)c1NC(=O)C(C)N1CCC(CN2CCOCC2)CC1. The average Bonchev–Trinajstić information content (AvgIpc) is 2.88. The summed E-state index contributed by atoms with van der Waals surface area (Å²) in [5, 5.41) is 7.46. The molecular formula is C19H33N5O2. The first-order chi connectivity index (χ1) is 12.5. The summed E-state index contributed by atoms with van der Waals surface area (Å²) in [6.07, 6.45) is 2.33. The molecule has 3 rings (SSSR count). The molecule has 1 aromatic rings. The van der Waals surface area contributed by atoms with E-state index in [1.165, 1.54) is 19.4 Å². The Morgan fingerprint density at radius 1 is 1.23 bits per heavy atom. The van der Waals surface area contributed by atoms with Gasteiger partial charge in [0, 0.05) is 26.7 Å². The molecule has 7 nitrogen and oxygen atoms in total. The third kappa shape index (κ3) is 4.45. The molecule has 0 saturated carbocycles. The Kier molecular flexibility index (Phi) is 6.32. The van der Waals surface area contributed by atoms with Crippen molar-refractivity contribution in [1.82, 2.24) is 19.6 Å². The van der Waals surface area contributed by atoms with Crippen molar-refractivity contribution in [2.45, 2.75) is 39.7 Å². The van der Waals surface area contributed by atoms with Crippen molar-refractivity contribution in [2.75, 3.05) is 51.3 Å². The molecule has 0 spiro atoms. The predicted octanol–water partition coefficient (Wildman–Crippen LogP) is 1.41. The highest BCUT2D eigenvalue weighted by Gasteiger charge is 2.28. The Labute approximate surface area is 156 Å². The highest BCUT2D eigenvalue weighted by Crippen LogP contribution is 2.22. The zero-order valence-electron chi connectivity index (χ0n) is 16.6. The Balaban J connectivity index is 1.48. The molecule has 1 N–H and O–H groups in total. The third-order valence-corrected chi connectivity index (χ3v) is 5.95. The number of aryl methyl sites for hydroxylation is 2. The number of ether oxygens (including phenoxy) is 1. The van der Waals surface area contributed by atoms with Gasteiger partial charge in [0.15, 0.2) is 0 Å². The van der Waals surface area contributed by atoms with Crippen LogP contribution < -0.4 is 5.32 Å². The summed E-state index contributed by atoms with van der Waals surface area (Å²) in [6.45, 7) is 12.9. The number of nitrogens with zero attached hydrogens (tertiary/aromatic N) is 4. The van der Waals surface area contributed by atoms with Crippen LogP contribution in [0.1, 0.15) is 31.2 Å². The van der Waals surface area contributed by atoms with Crippen LogP contribution in [0, 0.1) is 19.8 Å². The number of carbonyl (C=O) groups is 1. The van der Waals surface area contributed by atoms with E-state index in [1.807, 2.05) is 32.5 Å². The maximum Gasteiger partial charge on any atom is 0.241 e. The minimum Gasteiger partial charge on any atom is -0.379 e. The summed E-state index contributed by atoms with van der Waals surface area (Å²) >= 11 is 0. The number of nitrogens with one attached hydrogen (secondary N) is 1. The number of likely N-dealkylation sites (tertiary alicyclic amines) is 1. The molecule has 2 aliphatic heterocycles. The molecule has 1 amide bonds. The van der Waals surface area contributed by atoms with E-state index in [9.17, 15) is 4.79 Å². The molecule has 0 aromatic carbocycles. The summed E-state index contributed by atoms with van der Waals surface area (Å²) in [5.41, 5.74) is 2.72. The molecule has 146 valence electrons. The molecule has 7 heteroatoms. The van der Waals surface area contributed by atoms with Crippen LogP contribution in [0.25, 0.3) is 0 Å². The Morgan fingerprint density at radius 2 is 1.88 bits per heavy atom. The number of anilines is 1.